The molecule has 1 atom stereocenters. The topological polar surface area (TPSA) is 83.0 Å². The zero-order chi connectivity index (χ0) is 21.4. The summed E-state index contributed by atoms with van der Waals surface area (Å²) in [5.74, 6) is 0.414. The second kappa shape index (κ2) is 12.1. The molecule has 168 valence electrons. The molecule has 0 spiro atoms. The number of hydrogen-bond acceptors (Lipinski definition) is 4. The molecule has 1 aromatic rings. The molecule has 30 heavy (non-hydrogen) atoms. The number of likely N-dealkylation sites (tertiary alicyclic amines) is 1. The predicted molar refractivity (Wildman–Crippen MR) is 130 cm³/mol. The Balaban J connectivity index is 0.00000450. The maximum absolute atomic E-state index is 12.4. The summed E-state index contributed by atoms with van der Waals surface area (Å²) in [6, 6.07) is 7.56. The van der Waals surface area contributed by atoms with Crippen molar-refractivity contribution in [3.05, 3.63) is 35.4 Å². The number of halogens is 1. The minimum Gasteiger partial charge on any atom is -0.466 e. The van der Waals surface area contributed by atoms with Crippen LogP contribution in [-0.2, 0) is 16.1 Å². The number of ether oxygens (including phenoxy) is 1. The van der Waals surface area contributed by atoms with Gasteiger partial charge in [0.05, 0.1) is 12.5 Å². The van der Waals surface area contributed by atoms with Crippen molar-refractivity contribution in [2.24, 2.45) is 10.9 Å². The van der Waals surface area contributed by atoms with Crippen molar-refractivity contribution >= 4 is 41.8 Å². The van der Waals surface area contributed by atoms with Crippen molar-refractivity contribution in [2.45, 2.75) is 52.6 Å². The summed E-state index contributed by atoms with van der Waals surface area (Å²) >= 11 is 0. The van der Waals surface area contributed by atoms with Gasteiger partial charge in [-0.2, -0.15) is 0 Å². The first-order valence-electron chi connectivity index (χ1n) is 10.3. The van der Waals surface area contributed by atoms with E-state index in [9.17, 15) is 9.59 Å². The second-order valence-electron chi connectivity index (χ2n) is 8.34. The van der Waals surface area contributed by atoms with E-state index in [1.807, 2.05) is 52.0 Å². The number of benzene rings is 1. The van der Waals surface area contributed by atoms with Crippen LogP contribution in [0.25, 0.3) is 0 Å². The molecule has 1 unspecified atom stereocenters. The van der Waals surface area contributed by atoms with Gasteiger partial charge in [0, 0.05) is 37.8 Å². The van der Waals surface area contributed by atoms with Crippen LogP contribution in [0.15, 0.2) is 29.3 Å². The number of guanidine groups is 1. The Morgan fingerprint density at radius 1 is 1.30 bits per heavy atom. The summed E-state index contributed by atoms with van der Waals surface area (Å²) < 4.78 is 5.18. The van der Waals surface area contributed by atoms with Crippen LogP contribution in [0.4, 0.5) is 0 Å². The number of amides is 1. The Morgan fingerprint density at radius 2 is 2.03 bits per heavy atom. The number of nitrogens with zero attached hydrogens (tertiary/aromatic N) is 2. The van der Waals surface area contributed by atoms with Crippen LogP contribution >= 0.6 is 24.0 Å². The first kappa shape index (κ1) is 26.2. The Bertz CT molecular complexity index is 746. The van der Waals surface area contributed by atoms with Gasteiger partial charge in [-0.15, -0.1) is 24.0 Å². The van der Waals surface area contributed by atoms with Crippen LogP contribution in [0.5, 0.6) is 0 Å². The number of rotatable bonds is 5. The van der Waals surface area contributed by atoms with E-state index in [2.05, 4.69) is 20.5 Å². The molecule has 2 N–H and O–H groups in total. The molecular formula is C22H35IN4O3. The number of hydrogen-bond donors (Lipinski definition) is 2. The average Bonchev–Trinajstić information content (AvgIpc) is 2.68. The van der Waals surface area contributed by atoms with Gasteiger partial charge in [0.2, 0.25) is 0 Å². The molecule has 1 aromatic carbocycles. The van der Waals surface area contributed by atoms with Crippen LogP contribution in [0, 0.1) is 5.92 Å². The number of nitrogens with one attached hydrogen (secondary N) is 2. The molecule has 8 heteroatoms. The Hall–Kier alpha value is -1.84. The summed E-state index contributed by atoms with van der Waals surface area (Å²) in [5, 5.41) is 6.33. The standard InChI is InChI=1S/C22H34N4O3.HI/c1-6-29-20(28)18-11-8-12-26(15-18)21(23-5)24-14-16-9-7-10-17(13-16)19(27)25-22(2,3)4;/h7,9-10,13,18H,6,8,11-12,14-15H2,1-5H3,(H,23,24)(H,25,27);1H. The summed E-state index contributed by atoms with van der Waals surface area (Å²) in [4.78, 5) is 31.0. The van der Waals surface area contributed by atoms with E-state index in [4.69, 9.17) is 4.74 Å². The van der Waals surface area contributed by atoms with E-state index in [0.29, 0.717) is 25.3 Å². The third kappa shape index (κ3) is 8.12. The number of carbonyl (C=O) groups is 2. The third-order valence-electron chi connectivity index (χ3n) is 4.68. The number of aliphatic imine (C=N–C) groups is 1. The number of piperidine rings is 1. The van der Waals surface area contributed by atoms with Gasteiger partial charge in [0.15, 0.2) is 5.96 Å². The van der Waals surface area contributed by atoms with Gasteiger partial charge in [-0.3, -0.25) is 14.6 Å². The largest absolute Gasteiger partial charge is 0.466 e. The lowest BCUT2D eigenvalue weighted by Crippen LogP contribution is -2.48. The molecule has 7 nitrogen and oxygen atoms in total. The SMILES string of the molecule is CCOC(=O)C1CCCN(C(=NC)NCc2cccc(C(=O)NC(C)(C)C)c2)C1.I. The van der Waals surface area contributed by atoms with Gasteiger partial charge in [0.1, 0.15) is 0 Å². The van der Waals surface area contributed by atoms with E-state index in [1.165, 1.54) is 0 Å². The van der Waals surface area contributed by atoms with E-state index in [1.54, 1.807) is 7.05 Å². The first-order valence-corrected chi connectivity index (χ1v) is 10.3. The first-order chi connectivity index (χ1) is 13.7. The lowest BCUT2D eigenvalue weighted by Gasteiger charge is -2.34. The molecule has 0 bridgehead atoms. The van der Waals surface area contributed by atoms with E-state index < -0.39 is 0 Å². The van der Waals surface area contributed by atoms with Crippen LogP contribution in [-0.4, -0.2) is 55.0 Å². The smallest absolute Gasteiger partial charge is 0.310 e. The average molecular weight is 530 g/mol. The molecule has 1 aliphatic heterocycles. The second-order valence-corrected chi connectivity index (χ2v) is 8.34. The van der Waals surface area contributed by atoms with Crippen molar-refractivity contribution in [3.8, 4) is 0 Å². The summed E-state index contributed by atoms with van der Waals surface area (Å²) in [6.07, 6.45) is 1.77. The van der Waals surface area contributed by atoms with Crippen LogP contribution in [0.1, 0.15) is 56.5 Å². The zero-order valence-corrected chi connectivity index (χ0v) is 21.0. The Morgan fingerprint density at radius 3 is 2.67 bits per heavy atom. The highest BCUT2D eigenvalue weighted by molar-refractivity contribution is 14.0. The van der Waals surface area contributed by atoms with Crippen molar-refractivity contribution < 1.29 is 14.3 Å². The van der Waals surface area contributed by atoms with Crippen molar-refractivity contribution in [3.63, 3.8) is 0 Å². The predicted octanol–water partition coefficient (Wildman–Crippen LogP) is 3.18. The molecule has 1 heterocycles. The quantitative estimate of drug-likeness (QED) is 0.265. The van der Waals surface area contributed by atoms with Gasteiger partial charge in [0.25, 0.3) is 5.91 Å². The highest BCUT2D eigenvalue weighted by atomic mass is 127. The van der Waals surface area contributed by atoms with Crippen LogP contribution in [0.3, 0.4) is 0 Å². The molecule has 0 aliphatic carbocycles. The van der Waals surface area contributed by atoms with Gasteiger partial charge < -0.3 is 20.3 Å². The molecule has 1 aliphatic rings. The lowest BCUT2D eigenvalue weighted by molar-refractivity contribution is -0.149. The van der Waals surface area contributed by atoms with Gasteiger partial charge in [-0.05, 0) is 58.2 Å². The number of carbonyl (C=O) groups excluding carboxylic acids is 2. The molecule has 0 radical (unpaired) electrons. The fourth-order valence-corrected chi connectivity index (χ4v) is 3.37. The monoisotopic (exact) mass is 530 g/mol. The minimum absolute atomic E-state index is 0. The fraction of sp³-hybridized carbons (Fsp3) is 0.591. The highest BCUT2D eigenvalue weighted by Crippen LogP contribution is 2.18. The zero-order valence-electron chi connectivity index (χ0n) is 18.7. The van der Waals surface area contributed by atoms with Crippen molar-refractivity contribution in [1.82, 2.24) is 15.5 Å². The highest BCUT2D eigenvalue weighted by Gasteiger charge is 2.28. The molecule has 0 saturated carbocycles. The van der Waals surface area contributed by atoms with Crippen molar-refractivity contribution in [1.29, 1.82) is 0 Å². The van der Waals surface area contributed by atoms with Gasteiger partial charge >= 0.3 is 5.97 Å². The molecule has 0 aromatic heterocycles. The minimum atomic E-state index is -0.281. The number of esters is 1. The van der Waals surface area contributed by atoms with E-state index in [-0.39, 0.29) is 47.3 Å². The van der Waals surface area contributed by atoms with Crippen LogP contribution < -0.4 is 10.6 Å². The van der Waals surface area contributed by atoms with E-state index in [0.717, 1.165) is 30.9 Å². The molecule has 1 amide bonds. The molecule has 1 saturated heterocycles. The Kier molecular flexibility index (Phi) is 10.6. The maximum Gasteiger partial charge on any atom is 0.310 e. The summed E-state index contributed by atoms with van der Waals surface area (Å²) in [5.41, 5.74) is 1.35. The summed E-state index contributed by atoms with van der Waals surface area (Å²) in [6.45, 7) is 10.1. The fourth-order valence-electron chi connectivity index (χ4n) is 3.37. The van der Waals surface area contributed by atoms with E-state index >= 15 is 0 Å². The van der Waals surface area contributed by atoms with Gasteiger partial charge in [-0.1, -0.05) is 12.1 Å². The summed E-state index contributed by atoms with van der Waals surface area (Å²) in [7, 11) is 1.74. The lowest BCUT2D eigenvalue weighted by atomic mass is 9.98. The Labute approximate surface area is 197 Å². The normalized spacial score (nSPS) is 17.0. The van der Waals surface area contributed by atoms with Crippen molar-refractivity contribution in [2.75, 3.05) is 26.7 Å². The van der Waals surface area contributed by atoms with Gasteiger partial charge in [-0.25, -0.2) is 0 Å². The third-order valence-corrected chi connectivity index (χ3v) is 4.68. The molecule has 2 rings (SSSR count). The molecular weight excluding hydrogens is 495 g/mol. The molecule has 1 fully saturated rings. The van der Waals surface area contributed by atoms with Crippen LogP contribution in [0.2, 0.25) is 0 Å². The maximum atomic E-state index is 12.4.